The number of aromatic nitrogens is 4. The van der Waals surface area contributed by atoms with Crippen LogP contribution in [0, 0.1) is 0 Å². The summed E-state index contributed by atoms with van der Waals surface area (Å²) in [6.07, 6.45) is 6.43. The average molecular weight is 653 g/mol. The Bertz CT molecular complexity index is 2710. The fourth-order valence-corrected chi connectivity index (χ4v) is 8.53. The highest BCUT2D eigenvalue weighted by Gasteiger charge is 2.52. The summed E-state index contributed by atoms with van der Waals surface area (Å²) in [6.45, 7) is 6.54. The van der Waals surface area contributed by atoms with Gasteiger partial charge >= 0.3 is 0 Å². The quantitative estimate of drug-likeness (QED) is 0.201. The lowest BCUT2D eigenvalue weighted by Crippen LogP contribution is -2.26. The van der Waals surface area contributed by atoms with Crippen molar-refractivity contribution in [2.45, 2.75) is 12.3 Å². The first kappa shape index (κ1) is 29.3. The van der Waals surface area contributed by atoms with E-state index >= 15 is 0 Å². The predicted octanol–water partition coefficient (Wildman–Crippen LogP) is 11.4. The second-order valence-electron chi connectivity index (χ2n) is 13.2. The molecule has 4 heteroatoms. The number of fused-ring (bicyclic) bond motifs is 11. The second kappa shape index (κ2) is 11.2. The minimum atomic E-state index is -0.586. The molecule has 2 aromatic heterocycles. The molecule has 4 nitrogen and oxygen atoms in total. The van der Waals surface area contributed by atoms with E-state index in [0.29, 0.717) is 17.5 Å². The van der Waals surface area contributed by atoms with Gasteiger partial charge in [0.1, 0.15) is 0 Å². The molecule has 1 atom stereocenters. The Morgan fingerprint density at radius 2 is 1.22 bits per heavy atom. The molecule has 0 saturated heterocycles. The van der Waals surface area contributed by atoms with Crippen LogP contribution in [-0.4, -0.2) is 19.9 Å². The molecule has 0 amide bonds. The van der Waals surface area contributed by atoms with Crippen molar-refractivity contribution in [2.24, 2.45) is 0 Å². The molecular weight excluding hydrogens is 621 g/mol. The summed E-state index contributed by atoms with van der Waals surface area (Å²) < 4.78 is 0. The lowest BCUT2D eigenvalue weighted by atomic mass is 9.69. The number of para-hydroxylation sites is 1. The fourth-order valence-electron chi connectivity index (χ4n) is 8.53. The molecule has 2 aliphatic carbocycles. The van der Waals surface area contributed by atoms with Crippen LogP contribution in [0.3, 0.4) is 0 Å². The van der Waals surface area contributed by atoms with Gasteiger partial charge in [0, 0.05) is 38.5 Å². The molecule has 1 N–H and O–H groups in total. The monoisotopic (exact) mass is 652 g/mol. The number of hydrogen-bond donors (Lipinski definition) is 1. The Hall–Kier alpha value is -6.65. The Morgan fingerprint density at radius 1 is 0.569 bits per heavy atom. The number of benzene rings is 6. The lowest BCUT2D eigenvalue weighted by Gasteiger charge is -2.31. The SMILES string of the molecule is C=CC1=C(/C=C\C)c2ccccc2C12c1cc(-c3nc(-c4ccccc4)nc(-c4ccccc4)n3)ccc1-c1c2ccc2c1[nH]c1ccccc12. The first-order valence-electron chi connectivity index (χ1n) is 17.4. The first-order valence-corrected chi connectivity index (χ1v) is 17.4. The maximum Gasteiger partial charge on any atom is 0.164 e. The maximum atomic E-state index is 5.12. The smallest absolute Gasteiger partial charge is 0.164 e. The zero-order valence-electron chi connectivity index (χ0n) is 28.1. The van der Waals surface area contributed by atoms with Crippen LogP contribution in [0.4, 0.5) is 0 Å². The van der Waals surface area contributed by atoms with Crippen LogP contribution in [-0.2, 0) is 5.41 Å². The van der Waals surface area contributed by atoms with Crippen LogP contribution in [0.2, 0.25) is 0 Å². The van der Waals surface area contributed by atoms with Gasteiger partial charge in [0.15, 0.2) is 17.5 Å². The highest BCUT2D eigenvalue weighted by molar-refractivity contribution is 6.15. The van der Waals surface area contributed by atoms with Gasteiger partial charge in [-0.15, -0.1) is 0 Å². The molecule has 2 heterocycles. The summed E-state index contributed by atoms with van der Waals surface area (Å²) >= 11 is 0. The Morgan fingerprint density at radius 3 is 1.92 bits per heavy atom. The van der Waals surface area contributed by atoms with Gasteiger partial charge in [0.2, 0.25) is 0 Å². The van der Waals surface area contributed by atoms with Gasteiger partial charge in [-0.25, -0.2) is 15.0 Å². The van der Waals surface area contributed by atoms with Crippen molar-refractivity contribution >= 4 is 27.4 Å². The lowest BCUT2D eigenvalue weighted by molar-refractivity contribution is 0.787. The molecule has 0 bridgehead atoms. The minimum Gasteiger partial charge on any atom is -0.354 e. The normalized spacial score (nSPS) is 15.9. The molecule has 2 aliphatic rings. The summed E-state index contributed by atoms with van der Waals surface area (Å²) in [4.78, 5) is 19.0. The molecule has 6 aromatic carbocycles. The van der Waals surface area contributed by atoms with Crippen molar-refractivity contribution in [2.75, 3.05) is 0 Å². The standard InChI is InChI=1S/C47H32N4/c1-3-15-32-33-20-11-13-22-38(33)47(37(32)4-2)39-27-26-35-34-21-12-14-23-41(34)48-43(35)42(39)36-25-24-31(28-40(36)47)46-50-44(29-16-7-5-8-17-29)49-45(51-46)30-18-9-6-10-19-30/h3-28,48H,2H2,1H3/b15-3-. The Labute approximate surface area is 296 Å². The number of aromatic amines is 1. The van der Waals surface area contributed by atoms with Crippen LogP contribution >= 0.6 is 0 Å². The number of nitrogens with zero attached hydrogens (tertiary/aromatic N) is 3. The van der Waals surface area contributed by atoms with Crippen molar-refractivity contribution in [3.8, 4) is 45.3 Å². The molecular formula is C47H32N4. The molecule has 51 heavy (non-hydrogen) atoms. The van der Waals surface area contributed by atoms with Gasteiger partial charge in [-0.1, -0.05) is 152 Å². The zero-order valence-corrected chi connectivity index (χ0v) is 28.1. The van der Waals surface area contributed by atoms with E-state index in [1.54, 1.807) is 0 Å². The topological polar surface area (TPSA) is 54.5 Å². The van der Waals surface area contributed by atoms with Gasteiger partial charge in [-0.3, -0.25) is 0 Å². The number of allylic oxidation sites excluding steroid dienone is 5. The summed E-state index contributed by atoms with van der Waals surface area (Å²) in [7, 11) is 0. The highest BCUT2D eigenvalue weighted by Crippen LogP contribution is 2.63. The largest absolute Gasteiger partial charge is 0.354 e. The minimum absolute atomic E-state index is 0.586. The third-order valence-electron chi connectivity index (χ3n) is 10.6. The van der Waals surface area contributed by atoms with Crippen LogP contribution in [0.15, 0.2) is 170 Å². The predicted molar refractivity (Wildman–Crippen MR) is 209 cm³/mol. The summed E-state index contributed by atoms with van der Waals surface area (Å²) in [5.74, 6) is 1.92. The van der Waals surface area contributed by atoms with E-state index < -0.39 is 5.41 Å². The molecule has 1 unspecified atom stereocenters. The number of H-pyrrole nitrogens is 1. The van der Waals surface area contributed by atoms with Gasteiger partial charge in [0.25, 0.3) is 0 Å². The van der Waals surface area contributed by atoms with Crippen molar-refractivity contribution in [3.05, 3.63) is 192 Å². The third-order valence-corrected chi connectivity index (χ3v) is 10.6. The van der Waals surface area contributed by atoms with Gasteiger partial charge < -0.3 is 4.98 Å². The fraction of sp³-hybridized carbons (Fsp3) is 0.0426. The van der Waals surface area contributed by atoms with Crippen LogP contribution in [0.1, 0.15) is 29.2 Å². The van der Waals surface area contributed by atoms with Crippen molar-refractivity contribution in [1.82, 2.24) is 19.9 Å². The molecule has 8 aromatic rings. The first-order chi connectivity index (χ1) is 25.2. The van der Waals surface area contributed by atoms with Gasteiger partial charge in [-0.2, -0.15) is 0 Å². The molecule has 0 saturated carbocycles. The van der Waals surface area contributed by atoms with E-state index in [9.17, 15) is 0 Å². The van der Waals surface area contributed by atoms with E-state index in [1.807, 2.05) is 60.7 Å². The maximum absolute atomic E-state index is 5.12. The average Bonchev–Trinajstić information content (AvgIpc) is 3.81. The van der Waals surface area contributed by atoms with Crippen LogP contribution in [0.25, 0.3) is 72.7 Å². The van der Waals surface area contributed by atoms with E-state index in [1.165, 1.54) is 55.3 Å². The molecule has 10 rings (SSSR count). The van der Waals surface area contributed by atoms with E-state index in [-0.39, 0.29) is 0 Å². The number of rotatable bonds is 5. The summed E-state index contributed by atoms with van der Waals surface area (Å²) in [6, 6.07) is 49.1. The molecule has 0 radical (unpaired) electrons. The summed E-state index contributed by atoms with van der Waals surface area (Å²) in [5, 5.41) is 2.44. The van der Waals surface area contributed by atoms with E-state index in [4.69, 9.17) is 15.0 Å². The van der Waals surface area contributed by atoms with Crippen molar-refractivity contribution in [3.63, 3.8) is 0 Å². The van der Waals surface area contributed by atoms with Crippen molar-refractivity contribution < 1.29 is 0 Å². The molecule has 1 spiro atoms. The van der Waals surface area contributed by atoms with E-state index in [2.05, 4.69) is 116 Å². The van der Waals surface area contributed by atoms with Gasteiger partial charge in [0.05, 0.1) is 10.9 Å². The third kappa shape index (κ3) is 4.11. The molecule has 0 aliphatic heterocycles. The zero-order chi connectivity index (χ0) is 34.1. The second-order valence-corrected chi connectivity index (χ2v) is 13.2. The molecule has 240 valence electrons. The number of nitrogens with one attached hydrogen (secondary N) is 1. The van der Waals surface area contributed by atoms with E-state index in [0.717, 1.165) is 27.7 Å². The Balaban J connectivity index is 1.30. The van der Waals surface area contributed by atoms with Crippen LogP contribution < -0.4 is 0 Å². The Kier molecular flexibility index (Phi) is 6.43. The van der Waals surface area contributed by atoms with Crippen LogP contribution in [0.5, 0.6) is 0 Å². The van der Waals surface area contributed by atoms with Crippen molar-refractivity contribution in [1.29, 1.82) is 0 Å². The molecule has 0 fully saturated rings. The highest BCUT2D eigenvalue weighted by atomic mass is 15.0. The number of hydrogen-bond acceptors (Lipinski definition) is 3. The summed E-state index contributed by atoms with van der Waals surface area (Å²) in [5.41, 5.74) is 14.3. The van der Waals surface area contributed by atoms with Gasteiger partial charge in [-0.05, 0) is 58.0 Å².